The normalized spacial score (nSPS) is 27.3. The van der Waals surface area contributed by atoms with Crippen LogP contribution in [0.15, 0.2) is 0 Å². The topological polar surface area (TPSA) is 18.5 Å². The van der Waals surface area contributed by atoms with Gasteiger partial charge in [-0.2, -0.15) is 0 Å². The Morgan fingerprint density at radius 3 is 2.00 bits per heavy atom. The smallest absolute Gasteiger partial charge is 0.165 e. The minimum Gasteiger partial charge on any atom is -0.229 e. The lowest BCUT2D eigenvalue weighted by Gasteiger charge is -2.44. The van der Waals surface area contributed by atoms with Gasteiger partial charge < -0.3 is 0 Å². The maximum Gasteiger partial charge on any atom is 0.165 e. The van der Waals surface area contributed by atoms with E-state index in [4.69, 9.17) is 9.78 Å². The van der Waals surface area contributed by atoms with Crippen molar-refractivity contribution in [3.05, 3.63) is 6.10 Å². The standard InChI is InChI=1S/C9H17O2/c1-6(2)9(4,5)8-7(3)10-11-8/h6,8H,1-5H3. The molecule has 1 aliphatic heterocycles. The summed E-state index contributed by atoms with van der Waals surface area (Å²) in [6, 6.07) is 0. The third kappa shape index (κ3) is 1.42. The average molecular weight is 157 g/mol. The monoisotopic (exact) mass is 157 g/mol. The molecule has 1 fully saturated rings. The second kappa shape index (κ2) is 2.76. The molecular weight excluding hydrogens is 140 g/mol. The Labute approximate surface area is 68.8 Å². The number of hydrogen-bond acceptors (Lipinski definition) is 2. The van der Waals surface area contributed by atoms with E-state index in [1.54, 1.807) is 0 Å². The molecule has 65 valence electrons. The highest BCUT2D eigenvalue weighted by atomic mass is 17.2. The summed E-state index contributed by atoms with van der Waals surface area (Å²) in [6.07, 6.45) is 1.19. The summed E-state index contributed by atoms with van der Waals surface area (Å²) in [5.74, 6) is 0.603. The van der Waals surface area contributed by atoms with Gasteiger partial charge >= 0.3 is 0 Å². The molecule has 1 rings (SSSR count). The first kappa shape index (κ1) is 9.01. The Kier molecular flexibility index (Phi) is 2.26. The van der Waals surface area contributed by atoms with Crippen LogP contribution >= 0.6 is 0 Å². The molecule has 2 heteroatoms. The first-order valence-corrected chi connectivity index (χ1v) is 4.13. The van der Waals surface area contributed by atoms with Gasteiger partial charge in [-0.05, 0) is 18.3 Å². The lowest BCUT2D eigenvalue weighted by Crippen LogP contribution is -2.47. The summed E-state index contributed by atoms with van der Waals surface area (Å²) in [6.45, 7) is 10.8. The molecule has 0 spiro atoms. The van der Waals surface area contributed by atoms with Crippen LogP contribution in [0.1, 0.15) is 34.6 Å². The molecule has 1 unspecified atom stereocenters. The van der Waals surface area contributed by atoms with Crippen molar-refractivity contribution >= 4 is 0 Å². The van der Waals surface area contributed by atoms with E-state index in [1.165, 1.54) is 0 Å². The Morgan fingerprint density at radius 1 is 1.36 bits per heavy atom. The van der Waals surface area contributed by atoms with Crippen LogP contribution in [-0.2, 0) is 9.78 Å². The summed E-state index contributed by atoms with van der Waals surface area (Å²) in [5, 5.41) is 0. The molecule has 2 nitrogen and oxygen atoms in total. The van der Waals surface area contributed by atoms with Gasteiger partial charge in [0.15, 0.2) is 6.10 Å². The molecule has 0 aromatic carbocycles. The summed E-state index contributed by atoms with van der Waals surface area (Å²) in [5.41, 5.74) is 0.183. The molecule has 1 aliphatic rings. The zero-order chi connectivity index (χ0) is 8.65. The predicted molar refractivity (Wildman–Crippen MR) is 43.5 cm³/mol. The van der Waals surface area contributed by atoms with Crippen molar-refractivity contribution in [2.45, 2.75) is 40.7 Å². The fourth-order valence-corrected chi connectivity index (χ4v) is 1.14. The van der Waals surface area contributed by atoms with Crippen LogP contribution in [0.5, 0.6) is 0 Å². The largest absolute Gasteiger partial charge is 0.229 e. The van der Waals surface area contributed by atoms with E-state index in [1.807, 2.05) is 6.92 Å². The van der Waals surface area contributed by atoms with Crippen molar-refractivity contribution in [2.75, 3.05) is 0 Å². The molecule has 0 aromatic heterocycles. The fourth-order valence-electron chi connectivity index (χ4n) is 1.14. The quantitative estimate of drug-likeness (QED) is 0.573. The summed E-state index contributed by atoms with van der Waals surface area (Å²) >= 11 is 0. The molecule has 1 radical (unpaired) electrons. The fraction of sp³-hybridized carbons (Fsp3) is 0.889. The van der Waals surface area contributed by atoms with Crippen molar-refractivity contribution in [3.8, 4) is 0 Å². The zero-order valence-corrected chi connectivity index (χ0v) is 7.97. The molecule has 0 N–H and O–H groups in total. The molecular formula is C9H17O2. The van der Waals surface area contributed by atoms with Gasteiger partial charge in [-0.15, -0.1) is 0 Å². The van der Waals surface area contributed by atoms with Gasteiger partial charge in [0, 0.05) is 0 Å². The first-order valence-electron chi connectivity index (χ1n) is 4.13. The molecule has 0 aliphatic carbocycles. The van der Waals surface area contributed by atoms with Gasteiger partial charge in [0.25, 0.3) is 0 Å². The molecule has 1 heterocycles. The predicted octanol–water partition coefficient (Wildman–Crippen LogP) is 2.55. The number of rotatable bonds is 2. The van der Waals surface area contributed by atoms with Crippen molar-refractivity contribution in [3.63, 3.8) is 0 Å². The third-order valence-electron chi connectivity index (χ3n) is 2.81. The minimum atomic E-state index is 0.183. The van der Waals surface area contributed by atoms with Crippen molar-refractivity contribution in [1.82, 2.24) is 0 Å². The van der Waals surface area contributed by atoms with E-state index in [-0.39, 0.29) is 11.5 Å². The van der Waals surface area contributed by atoms with E-state index in [9.17, 15) is 0 Å². The zero-order valence-electron chi connectivity index (χ0n) is 7.97. The molecule has 0 amide bonds. The van der Waals surface area contributed by atoms with Crippen molar-refractivity contribution < 1.29 is 9.78 Å². The third-order valence-corrected chi connectivity index (χ3v) is 2.81. The van der Waals surface area contributed by atoms with Crippen LogP contribution in [0.3, 0.4) is 0 Å². The average Bonchev–Trinajstić information content (AvgIpc) is 1.83. The van der Waals surface area contributed by atoms with Gasteiger partial charge in [-0.25, -0.2) is 9.78 Å². The van der Waals surface area contributed by atoms with Gasteiger partial charge in [-0.1, -0.05) is 27.7 Å². The van der Waals surface area contributed by atoms with E-state index in [0.29, 0.717) is 5.92 Å². The Hall–Kier alpha value is -0.0800. The number of hydrogen-bond donors (Lipinski definition) is 0. The second-order valence-electron chi connectivity index (χ2n) is 4.15. The highest BCUT2D eigenvalue weighted by Gasteiger charge is 2.45. The SMILES string of the molecule is C[C]1OOC1C(C)(C)C(C)C. The van der Waals surface area contributed by atoms with Crippen LogP contribution in [0.25, 0.3) is 0 Å². The van der Waals surface area contributed by atoms with Crippen molar-refractivity contribution in [1.29, 1.82) is 0 Å². The molecule has 11 heavy (non-hydrogen) atoms. The lowest BCUT2D eigenvalue weighted by molar-refractivity contribution is -0.434. The van der Waals surface area contributed by atoms with E-state index >= 15 is 0 Å². The van der Waals surface area contributed by atoms with Crippen LogP contribution in [-0.4, -0.2) is 6.10 Å². The molecule has 0 bridgehead atoms. The van der Waals surface area contributed by atoms with Crippen LogP contribution in [0.2, 0.25) is 0 Å². The second-order valence-corrected chi connectivity index (χ2v) is 4.15. The van der Waals surface area contributed by atoms with E-state index in [2.05, 4.69) is 27.7 Å². The molecule has 0 saturated carbocycles. The van der Waals surface area contributed by atoms with Crippen LogP contribution < -0.4 is 0 Å². The van der Waals surface area contributed by atoms with Gasteiger partial charge in [-0.3, -0.25) is 0 Å². The highest BCUT2D eigenvalue weighted by Crippen LogP contribution is 2.42. The Morgan fingerprint density at radius 2 is 1.91 bits per heavy atom. The van der Waals surface area contributed by atoms with Gasteiger partial charge in [0.2, 0.25) is 0 Å². The molecule has 0 aromatic rings. The van der Waals surface area contributed by atoms with Crippen LogP contribution in [0, 0.1) is 17.4 Å². The lowest BCUT2D eigenvalue weighted by atomic mass is 9.74. The van der Waals surface area contributed by atoms with Crippen molar-refractivity contribution in [2.24, 2.45) is 11.3 Å². The maximum atomic E-state index is 5.03. The highest BCUT2D eigenvalue weighted by molar-refractivity contribution is 4.98. The molecule has 1 atom stereocenters. The molecule has 1 saturated heterocycles. The summed E-state index contributed by atoms with van der Waals surface area (Å²) in [7, 11) is 0. The summed E-state index contributed by atoms with van der Waals surface area (Å²) in [4.78, 5) is 9.83. The minimum absolute atomic E-state index is 0.183. The Balaban J connectivity index is 2.57. The maximum absolute atomic E-state index is 5.03. The van der Waals surface area contributed by atoms with Gasteiger partial charge in [0.05, 0.1) is 0 Å². The summed E-state index contributed by atoms with van der Waals surface area (Å²) < 4.78 is 0. The van der Waals surface area contributed by atoms with Crippen LogP contribution in [0.4, 0.5) is 0 Å². The van der Waals surface area contributed by atoms with E-state index in [0.717, 1.165) is 6.10 Å². The first-order chi connectivity index (χ1) is 4.96. The van der Waals surface area contributed by atoms with E-state index < -0.39 is 0 Å². The van der Waals surface area contributed by atoms with Gasteiger partial charge in [0.1, 0.15) is 6.10 Å². The Bertz CT molecular complexity index is 140.